The van der Waals surface area contributed by atoms with Gasteiger partial charge in [-0.2, -0.15) is 5.10 Å². The third kappa shape index (κ3) is 2.37. The molecule has 0 amide bonds. The third-order valence-electron chi connectivity index (χ3n) is 3.53. The Morgan fingerprint density at radius 1 is 1.56 bits per heavy atom. The Morgan fingerprint density at radius 2 is 2.22 bits per heavy atom. The zero-order valence-electron chi connectivity index (χ0n) is 10.4. The molecule has 0 spiro atoms. The van der Waals surface area contributed by atoms with Crippen LogP contribution in [0.2, 0.25) is 0 Å². The van der Waals surface area contributed by atoms with Gasteiger partial charge in [-0.1, -0.05) is 0 Å². The molecular weight excluding hydrogens is 242 g/mol. The predicted molar refractivity (Wildman–Crippen MR) is 60.9 cm³/mol. The molecule has 1 heterocycles. The number of carbonyl (C=O) groups is 1. The molecule has 1 fully saturated rings. The minimum atomic E-state index is -2.57. The molecule has 1 saturated carbocycles. The van der Waals surface area contributed by atoms with Crippen molar-refractivity contribution in [2.24, 2.45) is 5.92 Å². The summed E-state index contributed by atoms with van der Waals surface area (Å²) < 4.78 is 27.7. The molecule has 1 aliphatic rings. The highest BCUT2D eigenvalue weighted by molar-refractivity contribution is 5.90. The average molecular weight is 258 g/mol. The van der Waals surface area contributed by atoms with Gasteiger partial charge >= 0.3 is 5.97 Å². The van der Waals surface area contributed by atoms with E-state index in [1.165, 1.54) is 0 Å². The summed E-state index contributed by atoms with van der Waals surface area (Å²) in [7, 11) is 0. The molecule has 1 aromatic heterocycles. The number of aryl methyl sites for hydroxylation is 1. The van der Waals surface area contributed by atoms with Gasteiger partial charge in [-0.25, -0.2) is 13.6 Å². The number of alkyl halides is 2. The predicted octanol–water partition coefficient (Wildman–Crippen LogP) is 2.63. The minimum absolute atomic E-state index is 0.0806. The zero-order valence-corrected chi connectivity index (χ0v) is 10.4. The number of aromatic nitrogens is 2. The Kier molecular flexibility index (Phi) is 3.12. The molecule has 0 saturated heterocycles. The largest absolute Gasteiger partial charge is 0.478 e. The first kappa shape index (κ1) is 13.0. The van der Waals surface area contributed by atoms with Gasteiger partial charge in [0.1, 0.15) is 5.56 Å². The Hall–Kier alpha value is -1.46. The van der Waals surface area contributed by atoms with Crippen LogP contribution >= 0.6 is 0 Å². The fourth-order valence-electron chi connectivity index (χ4n) is 2.63. The number of rotatable bonds is 3. The van der Waals surface area contributed by atoms with Gasteiger partial charge < -0.3 is 5.11 Å². The van der Waals surface area contributed by atoms with Gasteiger partial charge in [-0.15, -0.1) is 0 Å². The van der Waals surface area contributed by atoms with E-state index in [2.05, 4.69) is 5.10 Å². The van der Waals surface area contributed by atoms with Crippen LogP contribution in [0.5, 0.6) is 0 Å². The van der Waals surface area contributed by atoms with E-state index in [0.29, 0.717) is 24.4 Å². The second kappa shape index (κ2) is 4.33. The number of hydrogen-bond acceptors (Lipinski definition) is 2. The quantitative estimate of drug-likeness (QED) is 0.906. The molecule has 1 unspecified atom stereocenters. The van der Waals surface area contributed by atoms with Gasteiger partial charge in [0, 0.05) is 19.4 Å². The molecule has 6 heteroatoms. The number of hydrogen-bond donors (Lipinski definition) is 1. The van der Waals surface area contributed by atoms with Crippen molar-refractivity contribution in [1.82, 2.24) is 9.78 Å². The molecule has 18 heavy (non-hydrogen) atoms. The standard InChI is InChI=1S/C12H16F2N2O2/c1-7-10(11(17)18)8(2)16(15-7)6-9-3-4-12(13,14)5-9/h9H,3-6H2,1-2H3,(H,17,18). The van der Waals surface area contributed by atoms with Gasteiger partial charge in [0.15, 0.2) is 0 Å². The van der Waals surface area contributed by atoms with Crippen LogP contribution in [0.15, 0.2) is 0 Å². The second-order valence-electron chi connectivity index (χ2n) is 5.00. The van der Waals surface area contributed by atoms with Crippen LogP contribution in [0.3, 0.4) is 0 Å². The molecular formula is C12H16F2N2O2. The molecule has 1 N–H and O–H groups in total. The van der Waals surface area contributed by atoms with E-state index in [4.69, 9.17) is 5.11 Å². The van der Waals surface area contributed by atoms with E-state index < -0.39 is 11.9 Å². The summed E-state index contributed by atoms with van der Waals surface area (Å²) in [6.07, 6.45) is 0.254. The van der Waals surface area contributed by atoms with E-state index in [-0.39, 0.29) is 24.3 Å². The maximum Gasteiger partial charge on any atom is 0.339 e. The summed E-state index contributed by atoms with van der Waals surface area (Å²) in [6.45, 7) is 3.66. The zero-order chi connectivity index (χ0) is 13.5. The number of aromatic carboxylic acids is 1. The average Bonchev–Trinajstić information content (AvgIpc) is 2.68. The maximum atomic E-state index is 13.1. The first-order chi connectivity index (χ1) is 8.30. The summed E-state index contributed by atoms with van der Waals surface area (Å²) in [6, 6.07) is 0. The van der Waals surface area contributed by atoms with Crippen LogP contribution in [0, 0.1) is 19.8 Å². The van der Waals surface area contributed by atoms with Gasteiger partial charge in [0.05, 0.1) is 11.4 Å². The Morgan fingerprint density at radius 3 is 2.67 bits per heavy atom. The van der Waals surface area contributed by atoms with Crippen molar-refractivity contribution in [3.8, 4) is 0 Å². The number of carboxylic acids is 1. The second-order valence-corrected chi connectivity index (χ2v) is 5.00. The lowest BCUT2D eigenvalue weighted by Crippen LogP contribution is -2.15. The van der Waals surface area contributed by atoms with Crippen molar-refractivity contribution < 1.29 is 18.7 Å². The van der Waals surface area contributed by atoms with Crippen LogP contribution < -0.4 is 0 Å². The highest BCUT2D eigenvalue weighted by Gasteiger charge is 2.39. The summed E-state index contributed by atoms with van der Waals surface area (Å²) in [4.78, 5) is 11.0. The molecule has 1 aliphatic carbocycles. The molecule has 100 valence electrons. The van der Waals surface area contributed by atoms with Crippen molar-refractivity contribution in [3.63, 3.8) is 0 Å². The van der Waals surface area contributed by atoms with Crippen molar-refractivity contribution in [3.05, 3.63) is 17.0 Å². The summed E-state index contributed by atoms with van der Waals surface area (Å²) in [5.74, 6) is -3.72. The van der Waals surface area contributed by atoms with E-state index in [0.717, 1.165) is 0 Å². The fourth-order valence-corrected chi connectivity index (χ4v) is 2.63. The Labute approximate surface area is 104 Å². The third-order valence-corrected chi connectivity index (χ3v) is 3.53. The summed E-state index contributed by atoms with van der Waals surface area (Å²) >= 11 is 0. The molecule has 2 rings (SSSR count). The van der Waals surface area contributed by atoms with E-state index in [1.807, 2.05) is 0 Å². The minimum Gasteiger partial charge on any atom is -0.478 e. The first-order valence-corrected chi connectivity index (χ1v) is 5.95. The molecule has 1 atom stereocenters. The van der Waals surface area contributed by atoms with Crippen LogP contribution in [0.1, 0.15) is 41.0 Å². The highest BCUT2D eigenvalue weighted by atomic mass is 19.3. The monoisotopic (exact) mass is 258 g/mol. The molecule has 0 aliphatic heterocycles. The lowest BCUT2D eigenvalue weighted by atomic mass is 10.1. The van der Waals surface area contributed by atoms with Crippen molar-refractivity contribution >= 4 is 5.97 Å². The van der Waals surface area contributed by atoms with Crippen LogP contribution in [-0.4, -0.2) is 26.8 Å². The molecule has 4 nitrogen and oxygen atoms in total. The topological polar surface area (TPSA) is 55.1 Å². The SMILES string of the molecule is Cc1nn(CC2CCC(F)(F)C2)c(C)c1C(=O)O. The summed E-state index contributed by atoms with van der Waals surface area (Å²) in [5, 5.41) is 13.2. The van der Waals surface area contributed by atoms with Crippen molar-refractivity contribution in [1.29, 1.82) is 0 Å². The number of nitrogens with zero attached hydrogens (tertiary/aromatic N) is 2. The van der Waals surface area contributed by atoms with Gasteiger partial charge in [-0.05, 0) is 26.2 Å². The Balaban J connectivity index is 2.16. The molecule has 0 radical (unpaired) electrons. The molecule has 1 aromatic rings. The van der Waals surface area contributed by atoms with Crippen LogP contribution in [-0.2, 0) is 6.54 Å². The van der Waals surface area contributed by atoms with E-state index >= 15 is 0 Å². The van der Waals surface area contributed by atoms with Crippen LogP contribution in [0.4, 0.5) is 8.78 Å². The van der Waals surface area contributed by atoms with Crippen LogP contribution in [0.25, 0.3) is 0 Å². The van der Waals surface area contributed by atoms with Crippen molar-refractivity contribution in [2.45, 2.75) is 45.6 Å². The Bertz CT molecular complexity index is 483. The fraction of sp³-hybridized carbons (Fsp3) is 0.667. The molecule has 0 aromatic carbocycles. The number of carboxylic acid groups (broad SMARTS) is 1. The highest BCUT2D eigenvalue weighted by Crippen LogP contribution is 2.39. The van der Waals surface area contributed by atoms with Gasteiger partial charge in [0.25, 0.3) is 0 Å². The lowest BCUT2D eigenvalue weighted by Gasteiger charge is -2.12. The van der Waals surface area contributed by atoms with Crippen molar-refractivity contribution in [2.75, 3.05) is 0 Å². The van der Waals surface area contributed by atoms with E-state index in [9.17, 15) is 13.6 Å². The normalized spacial score (nSPS) is 22.3. The maximum absolute atomic E-state index is 13.1. The van der Waals surface area contributed by atoms with E-state index in [1.54, 1.807) is 18.5 Å². The lowest BCUT2D eigenvalue weighted by molar-refractivity contribution is 0.00417. The molecule has 0 bridgehead atoms. The van der Waals surface area contributed by atoms with Gasteiger partial charge in [-0.3, -0.25) is 4.68 Å². The first-order valence-electron chi connectivity index (χ1n) is 5.95. The van der Waals surface area contributed by atoms with Gasteiger partial charge in [0.2, 0.25) is 5.92 Å². The smallest absolute Gasteiger partial charge is 0.339 e. The number of halogens is 2. The summed E-state index contributed by atoms with van der Waals surface area (Å²) in [5.41, 5.74) is 1.15.